The Labute approximate surface area is 208 Å². The van der Waals surface area contributed by atoms with Gasteiger partial charge < -0.3 is 0 Å². The second kappa shape index (κ2) is 10.4. The van der Waals surface area contributed by atoms with Crippen molar-refractivity contribution in [2.75, 3.05) is 5.75 Å². The van der Waals surface area contributed by atoms with E-state index in [9.17, 15) is 4.79 Å². The summed E-state index contributed by atoms with van der Waals surface area (Å²) in [5.41, 5.74) is 6.97. The van der Waals surface area contributed by atoms with Crippen molar-refractivity contribution < 1.29 is 4.79 Å². The molecule has 2 aromatic heterocycles. The molecule has 0 fully saturated rings. The average Bonchev–Trinajstić information content (AvgIpc) is 3.44. The number of hydrogen-bond acceptors (Lipinski definition) is 6. The molecule has 0 radical (unpaired) electrons. The van der Waals surface area contributed by atoms with Gasteiger partial charge >= 0.3 is 0 Å². The molecule has 0 saturated heterocycles. The molecule has 2 aromatic carbocycles. The normalized spacial score (nSPS) is 11.8. The zero-order chi connectivity index (χ0) is 24.1. The van der Waals surface area contributed by atoms with Crippen LogP contribution in [0.5, 0.6) is 0 Å². The SMILES string of the molecule is Cc1ccsc1/C=N\NC(=O)CSc1nnc(-c2ccc(C(C)(C)C)cc2)n1-c1ccccc1. The van der Waals surface area contributed by atoms with E-state index in [0.717, 1.165) is 27.5 Å². The highest BCUT2D eigenvalue weighted by Gasteiger charge is 2.19. The van der Waals surface area contributed by atoms with Crippen molar-refractivity contribution in [1.29, 1.82) is 0 Å². The van der Waals surface area contributed by atoms with Crippen LogP contribution in [0.15, 0.2) is 76.3 Å². The molecule has 0 aliphatic rings. The van der Waals surface area contributed by atoms with Crippen LogP contribution in [0.1, 0.15) is 36.8 Å². The molecule has 1 amide bonds. The molecule has 0 aliphatic heterocycles. The Kier molecular flexibility index (Phi) is 7.29. The number of benzene rings is 2. The predicted octanol–water partition coefficient (Wildman–Crippen LogP) is 5.84. The number of para-hydroxylation sites is 1. The first kappa shape index (κ1) is 23.9. The fourth-order valence-electron chi connectivity index (χ4n) is 3.32. The van der Waals surface area contributed by atoms with Crippen molar-refractivity contribution in [2.45, 2.75) is 38.3 Å². The predicted molar refractivity (Wildman–Crippen MR) is 141 cm³/mol. The second-order valence-electron chi connectivity index (χ2n) is 8.85. The van der Waals surface area contributed by atoms with E-state index in [1.165, 1.54) is 17.3 Å². The number of hydrogen-bond donors (Lipinski definition) is 1. The van der Waals surface area contributed by atoms with Crippen molar-refractivity contribution in [2.24, 2.45) is 5.10 Å². The van der Waals surface area contributed by atoms with Crippen molar-refractivity contribution in [3.63, 3.8) is 0 Å². The summed E-state index contributed by atoms with van der Waals surface area (Å²) in [5, 5.41) is 15.6. The van der Waals surface area contributed by atoms with Gasteiger partial charge in [0.2, 0.25) is 0 Å². The number of nitrogens with one attached hydrogen (secondary N) is 1. The largest absolute Gasteiger partial charge is 0.272 e. The lowest BCUT2D eigenvalue weighted by atomic mass is 9.87. The maximum Gasteiger partial charge on any atom is 0.250 e. The number of thiophene rings is 1. The van der Waals surface area contributed by atoms with Gasteiger partial charge in [0.05, 0.1) is 12.0 Å². The number of aryl methyl sites for hydroxylation is 1. The number of hydrazone groups is 1. The van der Waals surface area contributed by atoms with Crippen LogP contribution in [0.2, 0.25) is 0 Å². The number of amides is 1. The minimum absolute atomic E-state index is 0.0741. The standard InChI is InChI=1S/C26H27N5OS2/c1-18-14-15-33-22(18)16-27-28-23(32)17-34-25-30-29-24(31(25)21-8-6-5-7-9-21)19-10-12-20(13-11-19)26(2,3)4/h5-16H,17H2,1-4H3,(H,28,32)/b27-16-. The summed E-state index contributed by atoms with van der Waals surface area (Å²) in [5.74, 6) is 0.712. The van der Waals surface area contributed by atoms with Crippen LogP contribution < -0.4 is 5.43 Å². The lowest BCUT2D eigenvalue weighted by molar-refractivity contribution is -0.118. The number of nitrogens with zero attached hydrogens (tertiary/aromatic N) is 4. The van der Waals surface area contributed by atoms with Gasteiger partial charge in [0, 0.05) is 16.1 Å². The monoisotopic (exact) mass is 489 g/mol. The van der Waals surface area contributed by atoms with Gasteiger partial charge in [0.25, 0.3) is 5.91 Å². The molecule has 174 valence electrons. The zero-order valence-electron chi connectivity index (χ0n) is 19.6. The Bertz CT molecular complexity index is 1280. The second-order valence-corrected chi connectivity index (χ2v) is 10.7. The molecule has 4 rings (SSSR count). The third kappa shape index (κ3) is 5.63. The lowest BCUT2D eigenvalue weighted by Gasteiger charge is -2.19. The Hall–Kier alpha value is -3.23. The minimum atomic E-state index is -0.200. The number of rotatable bonds is 7. The van der Waals surface area contributed by atoms with E-state index in [-0.39, 0.29) is 17.1 Å². The fraction of sp³-hybridized carbons (Fsp3) is 0.231. The van der Waals surface area contributed by atoms with E-state index in [1.807, 2.05) is 53.3 Å². The van der Waals surface area contributed by atoms with Crippen molar-refractivity contribution in [3.8, 4) is 17.1 Å². The number of aromatic nitrogens is 3. The Morgan fingerprint density at radius 3 is 2.47 bits per heavy atom. The summed E-state index contributed by atoms with van der Waals surface area (Å²) in [6, 6.07) is 20.4. The van der Waals surface area contributed by atoms with Gasteiger partial charge in [-0.25, -0.2) is 5.43 Å². The molecule has 0 bridgehead atoms. The summed E-state index contributed by atoms with van der Waals surface area (Å²) in [7, 11) is 0. The van der Waals surface area contributed by atoms with E-state index in [1.54, 1.807) is 17.6 Å². The van der Waals surface area contributed by atoms with E-state index < -0.39 is 0 Å². The first-order valence-corrected chi connectivity index (χ1v) is 12.8. The highest BCUT2D eigenvalue weighted by Crippen LogP contribution is 2.30. The number of carbonyl (C=O) groups excluding carboxylic acids is 1. The number of thioether (sulfide) groups is 1. The smallest absolute Gasteiger partial charge is 0.250 e. The topological polar surface area (TPSA) is 72.2 Å². The Morgan fingerprint density at radius 1 is 1.09 bits per heavy atom. The van der Waals surface area contributed by atoms with Crippen LogP contribution in [0, 0.1) is 6.92 Å². The summed E-state index contributed by atoms with van der Waals surface area (Å²) < 4.78 is 1.99. The quantitative estimate of drug-likeness (QED) is 0.201. The van der Waals surface area contributed by atoms with Gasteiger partial charge in [-0.2, -0.15) is 5.10 Å². The Balaban J connectivity index is 1.54. The van der Waals surface area contributed by atoms with Crippen LogP contribution in [0.4, 0.5) is 0 Å². The van der Waals surface area contributed by atoms with Crippen molar-refractivity contribution in [3.05, 3.63) is 82.0 Å². The van der Waals surface area contributed by atoms with Crippen molar-refractivity contribution >= 4 is 35.2 Å². The molecule has 0 unspecified atom stereocenters. The molecule has 6 nitrogen and oxygen atoms in total. The highest BCUT2D eigenvalue weighted by atomic mass is 32.2. The lowest BCUT2D eigenvalue weighted by Crippen LogP contribution is -2.20. The molecular weight excluding hydrogens is 462 g/mol. The van der Waals surface area contributed by atoms with Crippen molar-refractivity contribution in [1.82, 2.24) is 20.2 Å². The maximum atomic E-state index is 12.4. The first-order chi connectivity index (χ1) is 16.3. The molecule has 0 saturated carbocycles. The summed E-state index contributed by atoms with van der Waals surface area (Å²) >= 11 is 2.92. The molecule has 34 heavy (non-hydrogen) atoms. The molecule has 4 aromatic rings. The van der Waals surface area contributed by atoms with Crippen LogP contribution in [0.25, 0.3) is 17.1 Å². The average molecular weight is 490 g/mol. The van der Waals surface area contributed by atoms with Crippen LogP contribution in [-0.4, -0.2) is 32.6 Å². The van der Waals surface area contributed by atoms with Gasteiger partial charge in [-0.3, -0.25) is 9.36 Å². The summed E-state index contributed by atoms with van der Waals surface area (Å²) in [4.78, 5) is 13.4. The van der Waals surface area contributed by atoms with Crippen LogP contribution in [0.3, 0.4) is 0 Å². The molecule has 0 aliphatic carbocycles. The van der Waals surface area contributed by atoms with E-state index in [2.05, 4.69) is 65.8 Å². The summed E-state index contributed by atoms with van der Waals surface area (Å²) in [6.07, 6.45) is 1.67. The van der Waals surface area contributed by atoms with E-state index in [4.69, 9.17) is 0 Å². The first-order valence-electron chi connectivity index (χ1n) is 10.9. The molecule has 8 heteroatoms. The molecular formula is C26H27N5OS2. The van der Waals surface area contributed by atoms with Crippen LogP contribution in [-0.2, 0) is 10.2 Å². The van der Waals surface area contributed by atoms with E-state index in [0.29, 0.717) is 5.16 Å². The van der Waals surface area contributed by atoms with Gasteiger partial charge in [-0.15, -0.1) is 21.5 Å². The van der Waals surface area contributed by atoms with Gasteiger partial charge in [-0.05, 0) is 47.0 Å². The Morgan fingerprint density at radius 2 is 1.82 bits per heavy atom. The summed E-state index contributed by atoms with van der Waals surface area (Å²) in [6.45, 7) is 8.60. The fourth-order valence-corrected chi connectivity index (χ4v) is 4.85. The molecule has 1 N–H and O–H groups in total. The van der Waals surface area contributed by atoms with Crippen LogP contribution >= 0.6 is 23.1 Å². The third-order valence-electron chi connectivity index (χ3n) is 5.26. The van der Waals surface area contributed by atoms with Gasteiger partial charge in [0.15, 0.2) is 11.0 Å². The minimum Gasteiger partial charge on any atom is -0.272 e. The van der Waals surface area contributed by atoms with Gasteiger partial charge in [0.1, 0.15) is 0 Å². The molecule has 2 heterocycles. The third-order valence-corrected chi connectivity index (χ3v) is 7.14. The molecule has 0 atom stereocenters. The maximum absolute atomic E-state index is 12.4. The highest BCUT2D eigenvalue weighted by molar-refractivity contribution is 7.99. The van der Waals surface area contributed by atoms with Gasteiger partial charge in [-0.1, -0.05) is 75.0 Å². The number of carbonyl (C=O) groups is 1. The zero-order valence-corrected chi connectivity index (χ0v) is 21.3. The molecule has 0 spiro atoms. The van der Waals surface area contributed by atoms with E-state index >= 15 is 0 Å².